The molecule has 0 bridgehead atoms. The molecule has 1 aliphatic carbocycles. The maximum absolute atomic E-state index is 9.11. The largest absolute Gasteiger partial charge is 0.309 e. The lowest BCUT2D eigenvalue weighted by atomic mass is 9.78. The average Bonchev–Trinajstić information content (AvgIpc) is 2.92. The zero-order chi connectivity index (χ0) is 15.1. The Labute approximate surface area is 129 Å². The van der Waals surface area contributed by atoms with Gasteiger partial charge in [0, 0.05) is 12.6 Å². The molecule has 0 amide bonds. The van der Waals surface area contributed by atoms with Crippen LogP contribution in [0.3, 0.4) is 0 Å². The van der Waals surface area contributed by atoms with Crippen LogP contribution in [0.2, 0.25) is 0 Å². The maximum atomic E-state index is 9.11. The maximum Gasteiger partial charge on any atom is 0.0641 e. The fourth-order valence-electron chi connectivity index (χ4n) is 3.87. The Morgan fingerprint density at radius 3 is 2.43 bits per heavy atom. The molecule has 0 spiro atoms. The smallest absolute Gasteiger partial charge is 0.0641 e. The third-order valence-corrected chi connectivity index (χ3v) is 4.73. The minimum Gasteiger partial charge on any atom is -0.309 e. The predicted octanol–water partition coefficient (Wildman–Crippen LogP) is 4.84. The van der Waals surface area contributed by atoms with E-state index in [-0.39, 0.29) is 6.04 Å². The van der Waals surface area contributed by atoms with Gasteiger partial charge in [-0.2, -0.15) is 5.26 Å². The van der Waals surface area contributed by atoms with E-state index in [2.05, 4.69) is 49.5 Å². The van der Waals surface area contributed by atoms with Crippen LogP contribution in [0.5, 0.6) is 0 Å². The molecule has 1 fully saturated rings. The molecule has 1 aromatic carbocycles. The molecule has 0 heterocycles. The van der Waals surface area contributed by atoms with Crippen molar-refractivity contribution in [1.29, 1.82) is 5.26 Å². The molecule has 0 aliphatic heterocycles. The van der Waals surface area contributed by atoms with Crippen LogP contribution in [0.15, 0.2) is 30.3 Å². The van der Waals surface area contributed by atoms with Gasteiger partial charge in [0.2, 0.25) is 0 Å². The Morgan fingerprint density at radius 1 is 1.19 bits per heavy atom. The van der Waals surface area contributed by atoms with Crippen LogP contribution < -0.4 is 5.32 Å². The first-order valence-electron chi connectivity index (χ1n) is 8.30. The van der Waals surface area contributed by atoms with Gasteiger partial charge in [-0.3, -0.25) is 0 Å². The summed E-state index contributed by atoms with van der Waals surface area (Å²) in [5.74, 6) is 0.746. The highest BCUT2D eigenvalue weighted by atomic mass is 14.9. The molecule has 1 atom stereocenters. The van der Waals surface area contributed by atoms with Gasteiger partial charge in [-0.1, -0.05) is 57.0 Å². The Hall–Kier alpha value is -1.33. The quantitative estimate of drug-likeness (QED) is 0.778. The summed E-state index contributed by atoms with van der Waals surface area (Å²) in [6.07, 6.45) is 7.25. The van der Waals surface area contributed by atoms with E-state index in [9.17, 15) is 0 Å². The Balaban J connectivity index is 2.02. The van der Waals surface area contributed by atoms with Crippen LogP contribution >= 0.6 is 0 Å². The Bertz CT molecular complexity index is 452. The fraction of sp³-hybridized carbons (Fsp3) is 0.632. The van der Waals surface area contributed by atoms with Gasteiger partial charge < -0.3 is 5.32 Å². The van der Waals surface area contributed by atoms with E-state index >= 15 is 0 Å². The van der Waals surface area contributed by atoms with Gasteiger partial charge >= 0.3 is 0 Å². The number of hydrogen-bond acceptors (Lipinski definition) is 2. The third-order valence-electron chi connectivity index (χ3n) is 4.73. The van der Waals surface area contributed by atoms with Crippen LogP contribution in [0.1, 0.15) is 64.0 Å². The second-order valence-corrected chi connectivity index (χ2v) is 7.01. The van der Waals surface area contributed by atoms with Crippen molar-refractivity contribution in [3.63, 3.8) is 0 Å². The van der Waals surface area contributed by atoms with E-state index in [1.807, 2.05) is 6.07 Å². The molecular weight excluding hydrogens is 256 g/mol. The van der Waals surface area contributed by atoms with Crippen LogP contribution in [-0.4, -0.2) is 6.54 Å². The molecule has 2 heteroatoms. The molecule has 2 rings (SSSR count). The molecule has 114 valence electrons. The van der Waals surface area contributed by atoms with Crippen molar-refractivity contribution in [3.05, 3.63) is 35.9 Å². The average molecular weight is 284 g/mol. The molecule has 0 radical (unpaired) electrons. The van der Waals surface area contributed by atoms with Crippen molar-refractivity contribution in [2.45, 2.75) is 58.4 Å². The lowest BCUT2D eigenvalue weighted by Gasteiger charge is -2.33. The summed E-state index contributed by atoms with van der Waals surface area (Å²) in [5.41, 5.74) is 1.69. The number of nitrogens with zero attached hydrogens (tertiary/aromatic N) is 1. The highest BCUT2D eigenvalue weighted by Gasteiger charge is 2.34. The summed E-state index contributed by atoms with van der Waals surface area (Å²) in [6, 6.07) is 12.9. The fourth-order valence-corrected chi connectivity index (χ4v) is 3.87. The number of nitrogens with one attached hydrogen (secondary N) is 1. The number of nitriles is 1. The third kappa shape index (κ3) is 4.58. The van der Waals surface area contributed by atoms with Crippen molar-refractivity contribution in [3.8, 4) is 6.07 Å². The number of benzene rings is 1. The van der Waals surface area contributed by atoms with Crippen LogP contribution in [0.25, 0.3) is 0 Å². The molecular formula is C19H28N2. The second kappa shape index (κ2) is 7.61. The first-order valence-corrected chi connectivity index (χ1v) is 8.30. The van der Waals surface area contributed by atoms with Gasteiger partial charge in [0.1, 0.15) is 0 Å². The van der Waals surface area contributed by atoms with Crippen LogP contribution in [0, 0.1) is 22.7 Å². The molecule has 1 unspecified atom stereocenters. The zero-order valence-electron chi connectivity index (χ0n) is 13.4. The van der Waals surface area contributed by atoms with Crippen molar-refractivity contribution < 1.29 is 0 Å². The second-order valence-electron chi connectivity index (χ2n) is 7.01. The van der Waals surface area contributed by atoms with Gasteiger partial charge in [-0.25, -0.2) is 0 Å². The van der Waals surface area contributed by atoms with Gasteiger partial charge in [0.25, 0.3) is 0 Å². The molecule has 1 N–H and O–H groups in total. The van der Waals surface area contributed by atoms with Gasteiger partial charge in [0.05, 0.1) is 12.5 Å². The standard InChI is InChI=1S/C19H28N2/c1-16(2)14-19(11-6-7-12-19)15-21-18(10-13-20)17-8-4-3-5-9-17/h3-5,8-9,16,18,21H,6-7,10-12,14-15H2,1-2H3. The molecule has 0 aromatic heterocycles. The number of hydrogen-bond donors (Lipinski definition) is 1. The van der Waals surface area contributed by atoms with Crippen LogP contribution in [-0.2, 0) is 0 Å². The summed E-state index contributed by atoms with van der Waals surface area (Å²) in [5, 5.41) is 12.8. The minimum atomic E-state index is 0.167. The summed E-state index contributed by atoms with van der Waals surface area (Å²) in [7, 11) is 0. The van der Waals surface area contributed by atoms with Gasteiger partial charge in [-0.15, -0.1) is 0 Å². The SMILES string of the molecule is CC(C)CC1(CNC(CC#N)c2ccccc2)CCCC1. The van der Waals surface area contributed by atoms with Gasteiger partial charge in [-0.05, 0) is 36.2 Å². The highest BCUT2D eigenvalue weighted by Crippen LogP contribution is 2.43. The lowest BCUT2D eigenvalue weighted by Crippen LogP contribution is -2.35. The molecule has 1 aliphatic rings. The Kier molecular flexibility index (Phi) is 5.82. The molecule has 0 saturated heterocycles. The summed E-state index contributed by atoms with van der Waals surface area (Å²) >= 11 is 0. The van der Waals surface area contributed by atoms with E-state index in [1.165, 1.54) is 37.7 Å². The Morgan fingerprint density at radius 2 is 1.86 bits per heavy atom. The van der Waals surface area contributed by atoms with E-state index in [4.69, 9.17) is 5.26 Å². The molecule has 2 nitrogen and oxygen atoms in total. The molecule has 21 heavy (non-hydrogen) atoms. The molecule has 1 aromatic rings. The van der Waals surface area contributed by atoms with E-state index in [0.29, 0.717) is 11.8 Å². The van der Waals surface area contributed by atoms with Crippen LogP contribution in [0.4, 0.5) is 0 Å². The van der Waals surface area contributed by atoms with E-state index < -0.39 is 0 Å². The van der Waals surface area contributed by atoms with Gasteiger partial charge in [0.15, 0.2) is 0 Å². The first-order chi connectivity index (χ1) is 10.2. The van der Waals surface area contributed by atoms with Crippen molar-refractivity contribution in [2.75, 3.05) is 6.54 Å². The van der Waals surface area contributed by atoms with Crippen molar-refractivity contribution in [1.82, 2.24) is 5.32 Å². The summed E-state index contributed by atoms with van der Waals surface area (Å²) in [4.78, 5) is 0. The summed E-state index contributed by atoms with van der Waals surface area (Å²) < 4.78 is 0. The predicted molar refractivity (Wildman–Crippen MR) is 87.8 cm³/mol. The molecule has 1 saturated carbocycles. The minimum absolute atomic E-state index is 0.167. The van der Waals surface area contributed by atoms with E-state index in [0.717, 1.165) is 12.5 Å². The topological polar surface area (TPSA) is 35.8 Å². The first kappa shape index (κ1) is 16.0. The normalized spacial score (nSPS) is 18.6. The number of rotatable bonds is 7. The lowest BCUT2D eigenvalue weighted by molar-refractivity contribution is 0.215. The highest BCUT2D eigenvalue weighted by molar-refractivity contribution is 5.20. The van der Waals surface area contributed by atoms with E-state index in [1.54, 1.807) is 0 Å². The van der Waals surface area contributed by atoms with Crippen molar-refractivity contribution in [2.24, 2.45) is 11.3 Å². The summed E-state index contributed by atoms with van der Waals surface area (Å²) in [6.45, 7) is 5.69. The monoisotopic (exact) mass is 284 g/mol. The zero-order valence-corrected chi connectivity index (χ0v) is 13.4. The van der Waals surface area contributed by atoms with Crippen molar-refractivity contribution >= 4 is 0 Å².